The molecule has 2 heteroatoms. The van der Waals surface area contributed by atoms with Crippen molar-refractivity contribution in [2.24, 2.45) is 0 Å². The summed E-state index contributed by atoms with van der Waals surface area (Å²) in [5.41, 5.74) is 2.00. The van der Waals surface area contributed by atoms with Crippen LogP contribution in [0, 0.1) is 0 Å². The van der Waals surface area contributed by atoms with Crippen LogP contribution in [0.3, 0.4) is 0 Å². The van der Waals surface area contributed by atoms with Gasteiger partial charge in [0.2, 0.25) is 0 Å². The lowest BCUT2D eigenvalue weighted by molar-refractivity contribution is 0.0987. The molecule has 0 bridgehead atoms. The molecule has 0 spiro atoms. The minimum absolute atomic E-state index is 0.223. The molecule has 0 heterocycles. The minimum atomic E-state index is 0.223. The number of hydrogen-bond donors (Lipinski definition) is 0. The van der Waals surface area contributed by atoms with E-state index in [1.165, 1.54) is 0 Å². The summed E-state index contributed by atoms with van der Waals surface area (Å²) in [5, 5.41) is 0. The SMILES string of the molecule is CCC(=O)c1ccc(Br)cc1C(C)C. The maximum absolute atomic E-state index is 11.6. The monoisotopic (exact) mass is 254 g/mol. The van der Waals surface area contributed by atoms with Gasteiger partial charge < -0.3 is 0 Å². The van der Waals surface area contributed by atoms with E-state index in [0.717, 1.165) is 15.6 Å². The molecule has 1 aromatic carbocycles. The number of Topliss-reactive ketones (excluding diaryl/α,β-unsaturated/α-hetero) is 1. The molecule has 1 nitrogen and oxygen atoms in total. The molecule has 0 saturated heterocycles. The van der Waals surface area contributed by atoms with E-state index in [-0.39, 0.29) is 5.78 Å². The lowest BCUT2D eigenvalue weighted by Gasteiger charge is -2.11. The Morgan fingerprint density at radius 1 is 1.43 bits per heavy atom. The normalized spacial score (nSPS) is 10.6. The van der Waals surface area contributed by atoms with E-state index in [0.29, 0.717) is 12.3 Å². The summed E-state index contributed by atoms with van der Waals surface area (Å²) in [6.07, 6.45) is 0.571. The minimum Gasteiger partial charge on any atom is -0.294 e. The number of halogens is 1. The predicted molar refractivity (Wildman–Crippen MR) is 62.9 cm³/mol. The van der Waals surface area contributed by atoms with Gasteiger partial charge in [0.1, 0.15) is 0 Å². The van der Waals surface area contributed by atoms with E-state index in [1.54, 1.807) is 0 Å². The number of hydrogen-bond acceptors (Lipinski definition) is 1. The van der Waals surface area contributed by atoms with Crippen LogP contribution in [0.15, 0.2) is 22.7 Å². The van der Waals surface area contributed by atoms with Crippen molar-refractivity contribution in [1.82, 2.24) is 0 Å². The molecule has 1 aromatic rings. The molecule has 0 aliphatic rings. The van der Waals surface area contributed by atoms with Crippen LogP contribution in [-0.4, -0.2) is 5.78 Å². The summed E-state index contributed by atoms with van der Waals surface area (Å²) in [6.45, 7) is 6.11. The second-order valence-corrected chi connectivity index (χ2v) is 4.58. The van der Waals surface area contributed by atoms with Gasteiger partial charge in [-0.1, -0.05) is 42.8 Å². The van der Waals surface area contributed by atoms with Crippen molar-refractivity contribution in [2.75, 3.05) is 0 Å². The molecule has 0 aliphatic carbocycles. The van der Waals surface area contributed by atoms with Crippen LogP contribution in [0.25, 0.3) is 0 Å². The predicted octanol–water partition coefficient (Wildman–Crippen LogP) is 4.17. The van der Waals surface area contributed by atoms with Gasteiger partial charge in [-0.2, -0.15) is 0 Å². The molecule has 1 rings (SSSR count). The third kappa shape index (κ3) is 2.44. The number of carbonyl (C=O) groups excluding carboxylic acids is 1. The smallest absolute Gasteiger partial charge is 0.162 e. The summed E-state index contributed by atoms with van der Waals surface area (Å²) in [6, 6.07) is 5.87. The highest BCUT2D eigenvalue weighted by Crippen LogP contribution is 2.24. The third-order valence-electron chi connectivity index (χ3n) is 2.26. The van der Waals surface area contributed by atoms with E-state index in [9.17, 15) is 4.79 Å². The Morgan fingerprint density at radius 2 is 2.07 bits per heavy atom. The highest BCUT2D eigenvalue weighted by atomic mass is 79.9. The van der Waals surface area contributed by atoms with Gasteiger partial charge in [-0.3, -0.25) is 4.79 Å². The quantitative estimate of drug-likeness (QED) is 0.741. The number of rotatable bonds is 3. The van der Waals surface area contributed by atoms with Crippen molar-refractivity contribution in [3.05, 3.63) is 33.8 Å². The Balaban J connectivity index is 3.21. The molecule has 0 amide bonds. The Kier molecular flexibility index (Phi) is 3.87. The Hall–Kier alpha value is -0.630. The molecule has 0 aliphatic heterocycles. The fraction of sp³-hybridized carbons (Fsp3) is 0.417. The first-order chi connectivity index (χ1) is 6.56. The summed E-state index contributed by atoms with van der Waals surface area (Å²) in [5.74, 6) is 0.610. The van der Waals surface area contributed by atoms with Crippen LogP contribution in [0.5, 0.6) is 0 Å². The number of carbonyl (C=O) groups is 1. The van der Waals surface area contributed by atoms with Gasteiger partial charge in [0.05, 0.1) is 0 Å². The van der Waals surface area contributed by atoms with Gasteiger partial charge >= 0.3 is 0 Å². The van der Waals surface area contributed by atoms with Gasteiger partial charge in [0.15, 0.2) is 5.78 Å². The zero-order valence-corrected chi connectivity index (χ0v) is 10.4. The fourth-order valence-corrected chi connectivity index (χ4v) is 1.83. The highest BCUT2D eigenvalue weighted by molar-refractivity contribution is 9.10. The molecule has 0 aromatic heterocycles. The summed E-state index contributed by atoms with van der Waals surface area (Å²) >= 11 is 3.42. The zero-order chi connectivity index (χ0) is 10.7. The molecule has 0 unspecified atom stereocenters. The van der Waals surface area contributed by atoms with E-state index in [4.69, 9.17) is 0 Å². The van der Waals surface area contributed by atoms with Crippen LogP contribution >= 0.6 is 15.9 Å². The first-order valence-corrected chi connectivity index (χ1v) is 5.68. The molecule has 0 atom stereocenters. The summed E-state index contributed by atoms with van der Waals surface area (Å²) in [4.78, 5) is 11.6. The van der Waals surface area contributed by atoms with Crippen molar-refractivity contribution >= 4 is 21.7 Å². The largest absolute Gasteiger partial charge is 0.294 e. The van der Waals surface area contributed by atoms with Crippen molar-refractivity contribution in [1.29, 1.82) is 0 Å². The standard InChI is InChI=1S/C12H15BrO/c1-4-12(14)10-6-5-9(13)7-11(10)8(2)3/h5-8H,4H2,1-3H3. The van der Waals surface area contributed by atoms with Crippen molar-refractivity contribution in [2.45, 2.75) is 33.1 Å². The average molecular weight is 255 g/mol. The molecule has 0 fully saturated rings. The third-order valence-corrected chi connectivity index (χ3v) is 2.75. The molecule has 0 N–H and O–H groups in total. The van der Waals surface area contributed by atoms with Crippen molar-refractivity contribution < 1.29 is 4.79 Å². The molecule has 14 heavy (non-hydrogen) atoms. The molecule has 0 saturated carbocycles. The molecular formula is C12H15BrO. The van der Waals surface area contributed by atoms with Crippen molar-refractivity contribution in [3.63, 3.8) is 0 Å². The van der Waals surface area contributed by atoms with Crippen molar-refractivity contribution in [3.8, 4) is 0 Å². The van der Waals surface area contributed by atoms with E-state index in [2.05, 4.69) is 29.8 Å². The summed E-state index contributed by atoms with van der Waals surface area (Å²) in [7, 11) is 0. The molecule has 76 valence electrons. The van der Waals surface area contributed by atoms with Crippen LogP contribution in [0.1, 0.15) is 49.0 Å². The Bertz CT molecular complexity index is 342. The number of ketones is 1. The van der Waals surface area contributed by atoms with Gasteiger partial charge in [0.25, 0.3) is 0 Å². The topological polar surface area (TPSA) is 17.1 Å². The Labute approximate surface area is 93.7 Å². The average Bonchev–Trinajstić information content (AvgIpc) is 2.16. The van der Waals surface area contributed by atoms with E-state index < -0.39 is 0 Å². The van der Waals surface area contributed by atoms with Gasteiger partial charge in [-0.25, -0.2) is 0 Å². The first kappa shape index (κ1) is 11.4. The summed E-state index contributed by atoms with van der Waals surface area (Å²) < 4.78 is 1.04. The maximum Gasteiger partial charge on any atom is 0.162 e. The second kappa shape index (κ2) is 4.74. The lowest BCUT2D eigenvalue weighted by Crippen LogP contribution is -2.03. The van der Waals surface area contributed by atoms with E-state index in [1.807, 2.05) is 25.1 Å². The maximum atomic E-state index is 11.6. The molecular weight excluding hydrogens is 240 g/mol. The van der Waals surface area contributed by atoms with Crippen LogP contribution in [0.2, 0.25) is 0 Å². The van der Waals surface area contributed by atoms with Gasteiger partial charge in [0, 0.05) is 16.5 Å². The van der Waals surface area contributed by atoms with Crippen LogP contribution < -0.4 is 0 Å². The van der Waals surface area contributed by atoms with Gasteiger partial charge in [-0.05, 0) is 23.6 Å². The molecule has 0 radical (unpaired) electrons. The second-order valence-electron chi connectivity index (χ2n) is 3.66. The van der Waals surface area contributed by atoms with Crippen LogP contribution in [0.4, 0.5) is 0 Å². The Morgan fingerprint density at radius 3 is 2.57 bits per heavy atom. The fourth-order valence-electron chi connectivity index (χ4n) is 1.46. The zero-order valence-electron chi connectivity index (χ0n) is 8.80. The first-order valence-electron chi connectivity index (χ1n) is 4.89. The van der Waals surface area contributed by atoms with E-state index >= 15 is 0 Å². The lowest BCUT2D eigenvalue weighted by atomic mass is 9.94. The van der Waals surface area contributed by atoms with Crippen LogP contribution in [-0.2, 0) is 0 Å². The number of benzene rings is 1. The highest BCUT2D eigenvalue weighted by Gasteiger charge is 2.12. The van der Waals surface area contributed by atoms with Gasteiger partial charge in [-0.15, -0.1) is 0 Å².